The van der Waals surface area contributed by atoms with Gasteiger partial charge in [0.25, 0.3) is 0 Å². The average Bonchev–Trinajstić information content (AvgIpc) is 0.791. The lowest BCUT2D eigenvalue weighted by Gasteiger charge is -2.20. The van der Waals surface area contributed by atoms with Crippen LogP contribution < -0.4 is 65.9 Å². The zero-order valence-electron chi connectivity index (χ0n) is 80.8. The van der Waals surface area contributed by atoms with E-state index in [2.05, 4.69) is 187 Å². The van der Waals surface area contributed by atoms with Crippen molar-refractivity contribution in [1.82, 2.24) is 29.9 Å². The Kier molecular flexibility index (Phi) is 50.6. The number of rotatable bonds is 62. The normalized spacial score (nSPS) is 11.6. The highest BCUT2D eigenvalue weighted by atomic mass is 16.6. The predicted octanol–water partition coefficient (Wildman–Crippen LogP) is 19.8. The molecule has 0 aliphatic carbocycles. The first-order chi connectivity index (χ1) is 66.2. The minimum atomic E-state index is -0.482. The zero-order valence-corrected chi connectivity index (χ0v) is 80.8. The van der Waals surface area contributed by atoms with Gasteiger partial charge in [-0.1, -0.05) is 164 Å². The van der Waals surface area contributed by atoms with Crippen LogP contribution in [0.2, 0.25) is 0 Å². The molecule has 0 saturated carbocycles. The topological polar surface area (TPSA) is 381 Å². The van der Waals surface area contributed by atoms with Crippen molar-refractivity contribution in [3.05, 3.63) is 210 Å². The molecule has 8 N–H and O–H groups in total. The van der Waals surface area contributed by atoms with Crippen LogP contribution in [0.4, 0.5) is 23.8 Å². The first kappa shape index (κ1) is 108. The van der Waals surface area contributed by atoms with Gasteiger partial charge in [-0.25, -0.2) is 9.59 Å². The number of aromatic nitrogens is 6. The van der Waals surface area contributed by atoms with E-state index < -0.39 is 23.9 Å². The maximum Gasteiger partial charge on any atom is 0.333 e. The minimum Gasteiger partial charge on any atom is -0.494 e. The fourth-order valence-corrected chi connectivity index (χ4v) is 14.3. The molecule has 0 spiro atoms. The number of ether oxygens (including phenoxy) is 11. The molecule has 10 rings (SSSR count). The van der Waals surface area contributed by atoms with Crippen LogP contribution in [0.15, 0.2) is 182 Å². The molecule has 3 heterocycles. The summed E-state index contributed by atoms with van der Waals surface area (Å²) in [7, 11) is 0. The summed E-state index contributed by atoms with van der Waals surface area (Å²) in [6.45, 7) is 27.6. The summed E-state index contributed by atoms with van der Waals surface area (Å²) >= 11 is 0. The van der Waals surface area contributed by atoms with Crippen molar-refractivity contribution in [2.24, 2.45) is 17.4 Å². The van der Waals surface area contributed by atoms with E-state index in [1.807, 2.05) is 60.7 Å². The predicted molar refractivity (Wildman–Crippen MR) is 533 cm³/mol. The Labute approximate surface area is 802 Å². The summed E-state index contributed by atoms with van der Waals surface area (Å²) in [4.78, 5) is 95.0. The van der Waals surface area contributed by atoms with Gasteiger partial charge in [-0.3, -0.25) is 29.8 Å². The Bertz CT molecular complexity index is 4950. The van der Waals surface area contributed by atoms with Gasteiger partial charge in [-0.2, -0.15) is 29.9 Å². The third-order valence-corrected chi connectivity index (χ3v) is 21.5. The van der Waals surface area contributed by atoms with Gasteiger partial charge in [0, 0.05) is 83.0 Å². The first-order valence-corrected chi connectivity index (χ1v) is 48.2. The van der Waals surface area contributed by atoms with E-state index in [0.717, 1.165) is 151 Å². The van der Waals surface area contributed by atoms with Gasteiger partial charge in [0.15, 0.2) is 0 Å². The number of hydrogen-bond acceptors (Lipinski definition) is 27. The van der Waals surface area contributed by atoms with Crippen LogP contribution in [0.1, 0.15) is 211 Å². The maximum atomic E-state index is 12.1. The SMILES string of the molecule is C=C(C)C(=O)OCCCc1cc(-c2ccccc2CC)cc(CCCOC(=O)C(=C)C)c1OCCCCCc1ccc(OCCCOCC2CC(=O)OC(=O)C2)cc1.CCCCCCCOc1ccc(-c2ccc(OCCCOc3nc(NCCN)nc(NCCN)n3)cc2)cc1.CCCCCCOc1ccc(-c2ccc(OCCCCCc3nc(NC(C)=O)nc(NC(C)=O)n3)cc2)cc1. The summed E-state index contributed by atoms with van der Waals surface area (Å²) in [6.07, 6.45) is 23.3. The summed E-state index contributed by atoms with van der Waals surface area (Å²) < 4.78 is 62.8. The lowest BCUT2D eigenvalue weighted by molar-refractivity contribution is -0.166. The number of carbonyl (C=O) groups is 6. The molecule has 7 aromatic carbocycles. The van der Waals surface area contributed by atoms with Crippen molar-refractivity contribution < 1.29 is 80.9 Å². The largest absolute Gasteiger partial charge is 0.494 e. The fourth-order valence-electron chi connectivity index (χ4n) is 14.3. The number of nitrogens with one attached hydrogen (secondary N) is 4. The molecular weight excluding hydrogens is 1730 g/mol. The van der Waals surface area contributed by atoms with Crippen molar-refractivity contribution in [2.45, 2.75) is 215 Å². The molecule has 2 amide bonds. The molecule has 0 bridgehead atoms. The summed E-state index contributed by atoms with van der Waals surface area (Å²) in [6, 6.07) is 53.9. The van der Waals surface area contributed by atoms with Crippen molar-refractivity contribution in [3.8, 4) is 73.9 Å². The average molecular weight is 1870 g/mol. The third-order valence-electron chi connectivity index (χ3n) is 21.5. The van der Waals surface area contributed by atoms with Crippen LogP contribution in [0.3, 0.4) is 0 Å². The Morgan fingerprint density at radius 1 is 0.390 bits per heavy atom. The first-order valence-electron chi connectivity index (χ1n) is 48.2. The Morgan fingerprint density at radius 3 is 1.21 bits per heavy atom. The number of aryl methyl sites for hydroxylation is 5. The molecule has 29 heteroatoms. The smallest absolute Gasteiger partial charge is 0.333 e. The lowest BCUT2D eigenvalue weighted by Crippen LogP contribution is -2.28. The number of unbranched alkanes of at least 4 members (excludes halogenated alkanes) is 11. The van der Waals surface area contributed by atoms with Gasteiger partial charge >= 0.3 is 29.9 Å². The molecule has 2 aromatic heterocycles. The fraction of sp³-hybridized carbons (Fsp3) is 0.458. The number of cyclic esters (lactones) is 2. The van der Waals surface area contributed by atoms with Crippen LogP contribution in [0.5, 0.6) is 40.5 Å². The van der Waals surface area contributed by atoms with E-state index in [9.17, 15) is 28.8 Å². The molecule has 29 nitrogen and oxygen atoms in total. The highest BCUT2D eigenvalue weighted by Crippen LogP contribution is 2.36. The monoisotopic (exact) mass is 1870 g/mol. The summed E-state index contributed by atoms with van der Waals surface area (Å²) in [5.74, 6) is 4.26. The van der Waals surface area contributed by atoms with Gasteiger partial charge < -0.3 is 74.2 Å². The van der Waals surface area contributed by atoms with Gasteiger partial charge in [0.1, 0.15) is 40.3 Å². The van der Waals surface area contributed by atoms with E-state index >= 15 is 0 Å². The maximum absolute atomic E-state index is 12.1. The van der Waals surface area contributed by atoms with E-state index in [4.69, 9.17) is 58.8 Å². The number of carbonyl (C=O) groups excluding carboxylic acids is 6. The van der Waals surface area contributed by atoms with Crippen LogP contribution in [0, 0.1) is 5.92 Å². The zero-order chi connectivity index (χ0) is 97.1. The highest BCUT2D eigenvalue weighted by Gasteiger charge is 2.27. The van der Waals surface area contributed by atoms with E-state index in [0.29, 0.717) is 146 Å². The van der Waals surface area contributed by atoms with Gasteiger partial charge in [0.2, 0.25) is 35.6 Å². The number of esters is 4. The molecule has 9 aromatic rings. The van der Waals surface area contributed by atoms with Crippen LogP contribution in [-0.4, -0.2) is 164 Å². The second kappa shape index (κ2) is 63.4. The van der Waals surface area contributed by atoms with Gasteiger partial charge in [-0.15, -0.1) is 0 Å². The molecular formula is C107H142N12O17. The van der Waals surface area contributed by atoms with E-state index in [-0.39, 0.29) is 61.7 Å². The number of nitrogens with two attached hydrogens (primary N) is 2. The lowest BCUT2D eigenvalue weighted by atomic mass is 9.91. The number of benzene rings is 7. The molecule has 1 fully saturated rings. The van der Waals surface area contributed by atoms with Crippen molar-refractivity contribution >= 4 is 59.5 Å². The van der Waals surface area contributed by atoms with Crippen molar-refractivity contribution in [1.29, 1.82) is 0 Å². The summed E-state index contributed by atoms with van der Waals surface area (Å²) in [5.41, 5.74) is 23.3. The van der Waals surface area contributed by atoms with Crippen LogP contribution >= 0.6 is 0 Å². The Hall–Kier alpha value is -12.9. The minimum absolute atomic E-state index is 0.118. The highest BCUT2D eigenvalue weighted by molar-refractivity contribution is 5.90. The molecule has 1 aliphatic heterocycles. The van der Waals surface area contributed by atoms with E-state index in [1.54, 1.807) is 13.8 Å². The standard InChI is InChI=1S/C48H60O10.C30H39N5O4.C29H43N7O3/c1-6-38-16-9-10-19-43(38)41-31-39(17-12-26-56-47(51)34(2)3)46(40(32-41)18-13-27-57-48(52)35(4)5)55-25-11-7-8-15-36-20-22-42(23-21-36)54-28-14-24-53-33-37-29-44(49)58-45(50)30-37;1-4-5-6-9-20-38-26-16-12-24(13-17-26)25-14-18-27(19-15-25)39-21-10-7-8-11-28-33-29(31-22(2)36)35-30(34-28)32-23(3)37;1-2-3-4-5-6-20-37-25-12-8-23(9-13-25)24-10-14-26(15-11-24)38-21-7-22-39-29-35-27(32-18-16-30)34-28(36-29)33-19-17-31/h9-10,16,19-23,31-32,37H,2,4,6-8,11-15,17-18,24-30,33H2,1,3,5H3;12-19H,4-11,20-21H2,1-3H3,(H2,31,32,33,34,35,36,37);8-15H,2-7,16-22,30-31H2,1H3,(H2,32,33,34,35,36). The summed E-state index contributed by atoms with van der Waals surface area (Å²) in [5, 5.41) is 11.2. The molecule has 0 unspecified atom stereocenters. The molecule has 0 atom stereocenters. The molecule has 1 aliphatic rings. The Morgan fingerprint density at radius 2 is 0.779 bits per heavy atom. The van der Waals surface area contributed by atoms with E-state index in [1.165, 1.54) is 75.5 Å². The van der Waals surface area contributed by atoms with Crippen molar-refractivity contribution in [3.63, 3.8) is 0 Å². The number of nitrogens with zero attached hydrogens (tertiary/aromatic N) is 6. The van der Waals surface area contributed by atoms with Gasteiger partial charge in [0.05, 0.1) is 78.9 Å². The second-order valence-corrected chi connectivity index (χ2v) is 33.3. The van der Waals surface area contributed by atoms with Crippen molar-refractivity contribution in [2.75, 3.05) is 120 Å². The molecule has 732 valence electrons. The quantitative estimate of drug-likeness (QED) is 0.00678. The third kappa shape index (κ3) is 42.8. The molecule has 136 heavy (non-hydrogen) atoms. The number of anilines is 4. The second-order valence-electron chi connectivity index (χ2n) is 33.3. The van der Waals surface area contributed by atoms with Crippen LogP contribution in [0.25, 0.3) is 33.4 Å². The number of amides is 2. The molecule has 0 radical (unpaired) electrons. The van der Waals surface area contributed by atoms with Gasteiger partial charge in [-0.05, 0) is 232 Å². The number of hydrogen-bond donors (Lipinski definition) is 6. The Balaban J connectivity index is 0.000000259. The van der Waals surface area contributed by atoms with Crippen LogP contribution in [-0.2, 0) is 79.8 Å². The molecule has 1 saturated heterocycles.